The van der Waals surface area contributed by atoms with Crippen LogP contribution in [-0.4, -0.2) is 12.0 Å². The van der Waals surface area contributed by atoms with Crippen molar-refractivity contribution in [1.29, 1.82) is 5.26 Å². The van der Waals surface area contributed by atoms with Gasteiger partial charge in [0.2, 0.25) is 0 Å². The van der Waals surface area contributed by atoms with Crippen LogP contribution in [0.1, 0.15) is 12.5 Å². The number of hydrogen-bond donors (Lipinski definition) is 0. The third-order valence-corrected chi connectivity index (χ3v) is 3.21. The molecule has 1 aliphatic rings. The van der Waals surface area contributed by atoms with Crippen molar-refractivity contribution in [3.05, 3.63) is 54.1 Å². The number of hydrogen-bond acceptors (Lipinski definition) is 3. The number of fused-ring (bicyclic) bond motifs is 1. The second-order valence-electron chi connectivity index (χ2n) is 4.56. The van der Waals surface area contributed by atoms with Gasteiger partial charge in [0, 0.05) is 0 Å². The Hall–Kier alpha value is -2.80. The van der Waals surface area contributed by atoms with Gasteiger partial charge in [0.05, 0.1) is 23.0 Å². The summed E-state index contributed by atoms with van der Waals surface area (Å²) in [6, 6.07) is 16.5. The molecular weight excluding hydrogens is 252 g/mol. The van der Waals surface area contributed by atoms with E-state index in [1.54, 1.807) is 30.0 Å². The summed E-state index contributed by atoms with van der Waals surface area (Å²) in [5.74, 6) is 0.528. The second-order valence-corrected chi connectivity index (χ2v) is 4.56. The lowest BCUT2D eigenvalue weighted by atomic mass is 10.1. The van der Waals surface area contributed by atoms with Crippen LogP contribution in [0.2, 0.25) is 0 Å². The van der Waals surface area contributed by atoms with Crippen LogP contribution in [0.25, 0.3) is 0 Å². The van der Waals surface area contributed by atoms with Crippen molar-refractivity contribution >= 4 is 17.3 Å². The van der Waals surface area contributed by atoms with Crippen molar-refractivity contribution in [2.45, 2.75) is 13.0 Å². The summed E-state index contributed by atoms with van der Waals surface area (Å²) in [5.41, 5.74) is 1.90. The maximum atomic E-state index is 12.4. The third kappa shape index (κ3) is 1.90. The van der Waals surface area contributed by atoms with Crippen molar-refractivity contribution in [2.24, 2.45) is 0 Å². The smallest absolute Gasteiger partial charge is 0.272 e. The summed E-state index contributed by atoms with van der Waals surface area (Å²) in [6.07, 6.45) is -0.546. The first kappa shape index (κ1) is 12.2. The van der Waals surface area contributed by atoms with Gasteiger partial charge in [-0.3, -0.25) is 9.69 Å². The zero-order valence-electron chi connectivity index (χ0n) is 10.9. The van der Waals surface area contributed by atoms with E-state index in [0.29, 0.717) is 22.7 Å². The number of rotatable bonds is 1. The van der Waals surface area contributed by atoms with E-state index in [1.807, 2.05) is 30.3 Å². The molecule has 0 aromatic heterocycles. The first-order chi connectivity index (χ1) is 9.70. The van der Waals surface area contributed by atoms with E-state index in [4.69, 9.17) is 10.00 Å². The maximum absolute atomic E-state index is 12.4. The zero-order valence-corrected chi connectivity index (χ0v) is 10.9. The van der Waals surface area contributed by atoms with Gasteiger partial charge in [0.1, 0.15) is 5.75 Å². The van der Waals surface area contributed by atoms with E-state index in [9.17, 15) is 4.79 Å². The van der Waals surface area contributed by atoms with Crippen molar-refractivity contribution in [1.82, 2.24) is 0 Å². The molecule has 4 heteroatoms. The fourth-order valence-corrected chi connectivity index (χ4v) is 2.26. The summed E-state index contributed by atoms with van der Waals surface area (Å²) in [6.45, 7) is 1.72. The topological polar surface area (TPSA) is 53.3 Å². The molecule has 1 aliphatic heterocycles. The summed E-state index contributed by atoms with van der Waals surface area (Å²) in [7, 11) is 0. The molecule has 3 rings (SSSR count). The number of amides is 1. The monoisotopic (exact) mass is 264 g/mol. The minimum absolute atomic E-state index is 0.140. The fraction of sp³-hybridized carbons (Fsp3) is 0.125. The molecule has 1 amide bonds. The number of anilines is 2. The van der Waals surface area contributed by atoms with E-state index in [0.717, 1.165) is 0 Å². The molecule has 0 saturated carbocycles. The molecule has 0 fully saturated rings. The Balaban J connectivity index is 2.16. The van der Waals surface area contributed by atoms with Crippen LogP contribution in [0.5, 0.6) is 5.75 Å². The van der Waals surface area contributed by atoms with E-state index >= 15 is 0 Å². The Morgan fingerprint density at radius 1 is 1.20 bits per heavy atom. The highest BCUT2D eigenvalue weighted by molar-refractivity contribution is 6.05. The van der Waals surface area contributed by atoms with Crippen LogP contribution in [-0.2, 0) is 4.79 Å². The Bertz CT molecular complexity index is 718. The van der Waals surface area contributed by atoms with Crippen LogP contribution >= 0.6 is 0 Å². The normalized spacial score (nSPS) is 17.1. The standard InChI is InChI=1S/C16H12N2O2/c1-11-16(19)18(13-6-4-5-12(9-13)10-17)14-7-2-3-8-15(14)20-11/h2-9,11H,1H3. The molecule has 4 nitrogen and oxygen atoms in total. The number of ether oxygens (including phenoxy) is 1. The van der Waals surface area contributed by atoms with E-state index in [-0.39, 0.29) is 5.91 Å². The molecule has 0 bridgehead atoms. The van der Waals surface area contributed by atoms with Crippen LogP contribution in [0.4, 0.5) is 11.4 Å². The molecule has 0 radical (unpaired) electrons. The lowest BCUT2D eigenvalue weighted by molar-refractivity contribution is -0.124. The summed E-state index contributed by atoms with van der Waals surface area (Å²) < 4.78 is 5.60. The number of carbonyl (C=O) groups is 1. The maximum Gasteiger partial charge on any atom is 0.272 e. The van der Waals surface area contributed by atoms with Crippen molar-refractivity contribution < 1.29 is 9.53 Å². The molecule has 98 valence electrons. The number of benzene rings is 2. The predicted molar refractivity (Wildman–Crippen MR) is 74.8 cm³/mol. The van der Waals surface area contributed by atoms with Crippen molar-refractivity contribution in [2.75, 3.05) is 4.90 Å². The first-order valence-corrected chi connectivity index (χ1v) is 6.30. The molecule has 0 saturated heterocycles. The summed E-state index contributed by atoms with van der Waals surface area (Å²) in [4.78, 5) is 14.0. The molecule has 0 N–H and O–H groups in total. The first-order valence-electron chi connectivity index (χ1n) is 6.30. The molecule has 0 spiro atoms. The minimum atomic E-state index is -0.546. The van der Waals surface area contributed by atoms with Gasteiger partial charge in [-0.15, -0.1) is 0 Å². The van der Waals surface area contributed by atoms with Crippen LogP contribution < -0.4 is 9.64 Å². The highest BCUT2D eigenvalue weighted by atomic mass is 16.5. The molecule has 0 aliphatic carbocycles. The van der Waals surface area contributed by atoms with Crippen LogP contribution in [0, 0.1) is 11.3 Å². The van der Waals surface area contributed by atoms with E-state index in [1.165, 1.54) is 0 Å². The average Bonchev–Trinajstić information content (AvgIpc) is 2.48. The molecule has 1 atom stereocenters. The predicted octanol–water partition coefficient (Wildman–Crippen LogP) is 3.00. The summed E-state index contributed by atoms with van der Waals surface area (Å²) >= 11 is 0. The van der Waals surface area contributed by atoms with E-state index in [2.05, 4.69) is 6.07 Å². The van der Waals surface area contributed by atoms with E-state index < -0.39 is 6.10 Å². The second kappa shape index (κ2) is 4.71. The fourth-order valence-electron chi connectivity index (χ4n) is 2.26. The van der Waals surface area contributed by atoms with Gasteiger partial charge in [-0.05, 0) is 37.3 Å². The Morgan fingerprint density at radius 2 is 2.00 bits per heavy atom. The molecule has 1 unspecified atom stereocenters. The SMILES string of the molecule is CC1Oc2ccccc2N(c2cccc(C#N)c2)C1=O. The van der Waals surface area contributed by atoms with Crippen molar-refractivity contribution in [3.8, 4) is 11.8 Å². The summed E-state index contributed by atoms with van der Waals surface area (Å²) in [5, 5.41) is 9.00. The third-order valence-electron chi connectivity index (χ3n) is 3.21. The van der Waals surface area contributed by atoms with Crippen molar-refractivity contribution in [3.63, 3.8) is 0 Å². The van der Waals surface area contributed by atoms with Gasteiger partial charge < -0.3 is 4.74 Å². The molecule has 2 aromatic rings. The quantitative estimate of drug-likeness (QED) is 0.795. The average molecular weight is 264 g/mol. The minimum Gasteiger partial charge on any atom is -0.479 e. The Kier molecular flexibility index (Phi) is 2.88. The number of carbonyl (C=O) groups excluding carboxylic acids is 1. The van der Waals surface area contributed by atoms with Gasteiger partial charge in [-0.25, -0.2) is 0 Å². The lowest BCUT2D eigenvalue weighted by Crippen LogP contribution is -2.41. The zero-order chi connectivity index (χ0) is 14.1. The number of nitrogens with zero attached hydrogens (tertiary/aromatic N) is 2. The molecule has 20 heavy (non-hydrogen) atoms. The number of nitriles is 1. The Morgan fingerprint density at radius 3 is 2.80 bits per heavy atom. The van der Waals surface area contributed by atoms with Crippen LogP contribution in [0.3, 0.4) is 0 Å². The van der Waals surface area contributed by atoms with Gasteiger partial charge in [-0.2, -0.15) is 5.26 Å². The van der Waals surface area contributed by atoms with Crippen LogP contribution in [0.15, 0.2) is 48.5 Å². The van der Waals surface area contributed by atoms with Gasteiger partial charge >= 0.3 is 0 Å². The van der Waals surface area contributed by atoms with Gasteiger partial charge in [-0.1, -0.05) is 18.2 Å². The van der Waals surface area contributed by atoms with Gasteiger partial charge in [0.15, 0.2) is 6.10 Å². The molecule has 1 heterocycles. The highest BCUT2D eigenvalue weighted by Crippen LogP contribution is 2.38. The highest BCUT2D eigenvalue weighted by Gasteiger charge is 2.32. The molecule has 2 aromatic carbocycles. The largest absolute Gasteiger partial charge is 0.479 e. The Labute approximate surface area is 116 Å². The van der Waals surface area contributed by atoms with Gasteiger partial charge in [0.25, 0.3) is 5.91 Å². The lowest BCUT2D eigenvalue weighted by Gasteiger charge is -2.33. The molecular formula is C16H12N2O2. The number of para-hydroxylation sites is 2.